The standard InChI is InChI=1S/C23H28N6O3/c30-15-16-13-26-23(27-14-16)28-17-1-3-19(4-2-17)32-21-12-18(29-7-9-31-10-8-29)11-20-22(21)25-6-5-24-20/h5-6,11-14,17,19,30H,1-4,7-10,15H2,(H,26,27,28). The lowest BCUT2D eigenvalue weighted by molar-refractivity contribution is 0.122. The molecule has 0 amide bonds. The molecule has 9 nitrogen and oxygen atoms in total. The average molecular weight is 437 g/mol. The van der Waals surface area contributed by atoms with Crippen molar-refractivity contribution in [3.05, 3.63) is 42.5 Å². The predicted octanol–water partition coefficient (Wildman–Crippen LogP) is 2.55. The smallest absolute Gasteiger partial charge is 0.222 e. The van der Waals surface area contributed by atoms with Crippen LogP contribution in [0.5, 0.6) is 5.75 Å². The van der Waals surface area contributed by atoms with Crippen molar-refractivity contribution in [3.8, 4) is 5.75 Å². The van der Waals surface area contributed by atoms with Crippen LogP contribution in [-0.2, 0) is 11.3 Å². The maximum Gasteiger partial charge on any atom is 0.222 e. The van der Waals surface area contributed by atoms with E-state index in [1.165, 1.54) is 0 Å². The highest BCUT2D eigenvalue weighted by molar-refractivity contribution is 5.85. The monoisotopic (exact) mass is 436 g/mol. The molecule has 0 bridgehead atoms. The van der Waals surface area contributed by atoms with Crippen molar-refractivity contribution in [1.82, 2.24) is 19.9 Å². The second kappa shape index (κ2) is 9.62. The van der Waals surface area contributed by atoms with E-state index in [1.54, 1.807) is 24.8 Å². The molecule has 2 N–H and O–H groups in total. The Morgan fingerprint density at radius 3 is 2.50 bits per heavy atom. The van der Waals surface area contributed by atoms with E-state index in [0.29, 0.717) is 17.6 Å². The zero-order valence-corrected chi connectivity index (χ0v) is 18.0. The number of nitrogens with one attached hydrogen (secondary N) is 1. The molecule has 1 aliphatic carbocycles. The van der Waals surface area contributed by atoms with Crippen molar-refractivity contribution in [1.29, 1.82) is 0 Å². The topological polar surface area (TPSA) is 106 Å². The van der Waals surface area contributed by atoms with E-state index in [0.717, 1.165) is 74.5 Å². The zero-order chi connectivity index (χ0) is 21.8. The van der Waals surface area contributed by atoms with Gasteiger partial charge in [-0.25, -0.2) is 15.0 Å². The Bertz CT molecular complexity index is 1030. The molecular formula is C23H28N6O3. The Morgan fingerprint density at radius 1 is 1.00 bits per heavy atom. The highest BCUT2D eigenvalue weighted by Gasteiger charge is 2.24. The normalized spacial score (nSPS) is 21.5. The highest BCUT2D eigenvalue weighted by Crippen LogP contribution is 2.33. The van der Waals surface area contributed by atoms with E-state index >= 15 is 0 Å². The maximum atomic E-state index is 9.13. The number of nitrogens with zero attached hydrogens (tertiary/aromatic N) is 5. The number of aliphatic hydroxyl groups excluding tert-OH is 1. The lowest BCUT2D eigenvalue weighted by Gasteiger charge is -2.31. The second-order valence-corrected chi connectivity index (χ2v) is 8.28. The van der Waals surface area contributed by atoms with Crippen LogP contribution in [0.15, 0.2) is 36.9 Å². The molecule has 0 spiro atoms. The second-order valence-electron chi connectivity index (χ2n) is 8.28. The Hall–Kier alpha value is -3.04. The molecule has 2 aliphatic rings. The fraction of sp³-hybridized carbons (Fsp3) is 0.478. The first kappa shape index (κ1) is 20.8. The van der Waals surface area contributed by atoms with Crippen LogP contribution >= 0.6 is 0 Å². The summed E-state index contributed by atoms with van der Waals surface area (Å²) in [5.41, 5.74) is 3.48. The third kappa shape index (κ3) is 4.73. The van der Waals surface area contributed by atoms with Crippen LogP contribution < -0.4 is 15.0 Å². The molecule has 0 radical (unpaired) electrons. The molecule has 32 heavy (non-hydrogen) atoms. The summed E-state index contributed by atoms with van der Waals surface area (Å²) in [7, 11) is 0. The molecule has 0 atom stereocenters. The fourth-order valence-electron chi connectivity index (χ4n) is 4.32. The van der Waals surface area contributed by atoms with Crippen LogP contribution in [0.1, 0.15) is 31.2 Å². The lowest BCUT2D eigenvalue weighted by atomic mass is 9.93. The first-order valence-corrected chi connectivity index (χ1v) is 11.2. The molecule has 1 saturated heterocycles. The number of hydrogen-bond donors (Lipinski definition) is 2. The van der Waals surface area contributed by atoms with Crippen molar-refractivity contribution in [3.63, 3.8) is 0 Å². The minimum atomic E-state index is -0.0471. The van der Waals surface area contributed by atoms with Gasteiger partial charge in [-0.1, -0.05) is 0 Å². The van der Waals surface area contributed by atoms with Gasteiger partial charge in [-0.15, -0.1) is 0 Å². The zero-order valence-electron chi connectivity index (χ0n) is 18.0. The summed E-state index contributed by atoms with van der Waals surface area (Å²) in [5.74, 6) is 1.41. The lowest BCUT2D eigenvalue weighted by Crippen LogP contribution is -2.36. The molecule has 0 unspecified atom stereocenters. The first-order chi connectivity index (χ1) is 15.8. The van der Waals surface area contributed by atoms with Gasteiger partial charge in [0, 0.05) is 61.2 Å². The van der Waals surface area contributed by atoms with Gasteiger partial charge < -0.3 is 24.8 Å². The van der Waals surface area contributed by atoms with Crippen LogP contribution in [0, 0.1) is 0 Å². The van der Waals surface area contributed by atoms with Gasteiger partial charge in [0.2, 0.25) is 5.95 Å². The predicted molar refractivity (Wildman–Crippen MR) is 121 cm³/mol. The van der Waals surface area contributed by atoms with Gasteiger partial charge >= 0.3 is 0 Å². The SMILES string of the molecule is OCc1cnc(NC2CCC(Oc3cc(N4CCOCC4)cc4nccnc34)CC2)nc1. The fourth-order valence-corrected chi connectivity index (χ4v) is 4.32. The van der Waals surface area contributed by atoms with Crippen LogP contribution in [-0.4, -0.2) is 63.5 Å². The van der Waals surface area contributed by atoms with Gasteiger partial charge in [0.1, 0.15) is 11.3 Å². The number of hydrogen-bond acceptors (Lipinski definition) is 9. The van der Waals surface area contributed by atoms with Gasteiger partial charge in [0.25, 0.3) is 0 Å². The number of aromatic nitrogens is 4. The summed E-state index contributed by atoms with van der Waals surface area (Å²) in [6.45, 7) is 3.15. The Morgan fingerprint density at radius 2 is 1.75 bits per heavy atom. The first-order valence-electron chi connectivity index (χ1n) is 11.2. The summed E-state index contributed by atoms with van der Waals surface area (Å²) in [6, 6.07) is 4.50. The molecule has 3 heterocycles. The van der Waals surface area contributed by atoms with E-state index in [4.69, 9.17) is 14.6 Å². The van der Waals surface area contributed by atoms with E-state index in [-0.39, 0.29) is 12.7 Å². The van der Waals surface area contributed by atoms with Crippen LogP contribution in [0.25, 0.3) is 11.0 Å². The summed E-state index contributed by atoms with van der Waals surface area (Å²) < 4.78 is 12.0. The Balaban J connectivity index is 1.25. The number of rotatable bonds is 6. The van der Waals surface area contributed by atoms with E-state index in [1.807, 2.05) is 0 Å². The molecule has 3 aromatic rings. The molecule has 9 heteroatoms. The molecule has 1 aliphatic heterocycles. The largest absolute Gasteiger partial charge is 0.488 e. The van der Waals surface area contributed by atoms with Crippen LogP contribution in [0.2, 0.25) is 0 Å². The molecule has 5 rings (SSSR count). The third-order valence-corrected chi connectivity index (χ3v) is 6.09. The molecular weight excluding hydrogens is 408 g/mol. The van der Waals surface area contributed by atoms with Crippen LogP contribution in [0.3, 0.4) is 0 Å². The Kier molecular flexibility index (Phi) is 6.27. The van der Waals surface area contributed by atoms with E-state index in [9.17, 15) is 0 Å². The number of aliphatic hydroxyl groups is 1. The minimum Gasteiger partial charge on any atom is -0.488 e. The summed E-state index contributed by atoms with van der Waals surface area (Å²) in [6.07, 6.45) is 10.7. The average Bonchev–Trinajstić information content (AvgIpc) is 2.86. The van der Waals surface area contributed by atoms with Gasteiger partial charge in [-0.2, -0.15) is 0 Å². The maximum absolute atomic E-state index is 9.13. The van der Waals surface area contributed by atoms with E-state index in [2.05, 4.69) is 42.3 Å². The van der Waals surface area contributed by atoms with Crippen molar-refractivity contribution in [2.75, 3.05) is 36.5 Å². The number of benzene rings is 1. The van der Waals surface area contributed by atoms with Crippen molar-refractivity contribution >= 4 is 22.7 Å². The van der Waals surface area contributed by atoms with Crippen LogP contribution in [0.4, 0.5) is 11.6 Å². The number of fused-ring (bicyclic) bond motifs is 1. The summed E-state index contributed by atoms with van der Waals surface area (Å²) in [5, 5.41) is 12.5. The van der Waals surface area contributed by atoms with E-state index < -0.39 is 0 Å². The molecule has 1 saturated carbocycles. The number of anilines is 2. The third-order valence-electron chi connectivity index (χ3n) is 6.09. The summed E-state index contributed by atoms with van der Waals surface area (Å²) in [4.78, 5) is 19.9. The number of morpholine rings is 1. The number of ether oxygens (including phenoxy) is 2. The molecule has 168 valence electrons. The molecule has 2 aromatic heterocycles. The van der Waals surface area contributed by atoms with Gasteiger partial charge in [0.05, 0.1) is 31.4 Å². The minimum absolute atomic E-state index is 0.0471. The van der Waals surface area contributed by atoms with Gasteiger partial charge in [0.15, 0.2) is 0 Å². The van der Waals surface area contributed by atoms with Gasteiger partial charge in [-0.3, -0.25) is 4.98 Å². The Labute approximate surface area is 186 Å². The molecule has 2 fully saturated rings. The van der Waals surface area contributed by atoms with Gasteiger partial charge in [-0.05, 0) is 31.7 Å². The molecule has 1 aromatic carbocycles. The van der Waals surface area contributed by atoms with Crippen molar-refractivity contribution in [2.24, 2.45) is 0 Å². The quantitative estimate of drug-likeness (QED) is 0.603. The summed E-state index contributed by atoms with van der Waals surface area (Å²) >= 11 is 0. The van der Waals surface area contributed by atoms with Crippen molar-refractivity contribution in [2.45, 2.75) is 44.4 Å². The van der Waals surface area contributed by atoms with Crippen molar-refractivity contribution < 1.29 is 14.6 Å². The highest BCUT2D eigenvalue weighted by atomic mass is 16.5.